The minimum Gasteiger partial charge on any atom is -0.479 e. The number of ether oxygens (including phenoxy) is 1. The van der Waals surface area contributed by atoms with Crippen molar-refractivity contribution >= 4 is 40.6 Å². The third-order valence-electron chi connectivity index (χ3n) is 4.96. The van der Waals surface area contributed by atoms with Crippen LogP contribution in [0.15, 0.2) is 53.4 Å². The number of carboxylic acids is 1. The number of rotatable bonds is 7. The molecular formula is C23H23NO5S. The van der Waals surface area contributed by atoms with Crippen LogP contribution in [0, 0.1) is 0 Å². The minimum absolute atomic E-state index is 0.332. The number of imide groups is 1. The standard InChI is InChI=1S/C23H23NO5S/c1-4-14(2)17-7-9-18(10-8-17)24-21(25)20(30-23(24)28)13-16-5-11-19(12-6-16)29-15(3)22(26)27/h5-15H,4H2,1-3H3,(H,26,27)/b20-13+. The monoisotopic (exact) mass is 425 g/mol. The van der Waals surface area contributed by atoms with Crippen molar-refractivity contribution in [2.45, 2.75) is 39.2 Å². The molecule has 1 N–H and O–H groups in total. The van der Waals surface area contributed by atoms with E-state index in [9.17, 15) is 14.4 Å². The number of thioether (sulfide) groups is 1. The summed E-state index contributed by atoms with van der Waals surface area (Å²) in [5, 5.41) is 8.57. The molecule has 156 valence electrons. The van der Waals surface area contributed by atoms with E-state index in [-0.39, 0.29) is 11.1 Å². The van der Waals surface area contributed by atoms with Gasteiger partial charge in [-0.1, -0.05) is 38.1 Å². The van der Waals surface area contributed by atoms with Crippen LogP contribution in [0.25, 0.3) is 6.08 Å². The third-order valence-corrected chi connectivity index (χ3v) is 5.83. The Morgan fingerprint density at radius 1 is 1.10 bits per heavy atom. The largest absolute Gasteiger partial charge is 0.479 e. The van der Waals surface area contributed by atoms with Gasteiger partial charge in [0.1, 0.15) is 5.75 Å². The van der Waals surface area contributed by atoms with Crippen molar-refractivity contribution in [3.05, 3.63) is 64.6 Å². The Morgan fingerprint density at radius 2 is 1.73 bits per heavy atom. The fourth-order valence-electron chi connectivity index (χ4n) is 2.93. The van der Waals surface area contributed by atoms with Crippen LogP contribution in [0.2, 0.25) is 0 Å². The van der Waals surface area contributed by atoms with Crippen molar-refractivity contribution in [1.29, 1.82) is 0 Å². The molecule has 0 bridgehead atoms. The highest BCUT2D eigenvalue weighted by Gasteiger charge is 2.36. The second-order valence-corrected chi connectivity index (χ2v) is 8.08. The number of carbonyl (C=O) groups excluding carboxylic acids is 2. The maximum Gasteiger partial charge on any atom is 0.344 e. The predicted octanol–water partition coefficient (Wildman–Crippen LogP) is 5.29. The second kappa shape index (κ2) is 9.17. The Bertz CT molecular complexity index is 982. The van der Waals surface area contributed by atoms with Gasteiger partial charge in [0.2, 0.25) is 0 Å². The van der Waals surface area contributed by atoms with Crippen LogP contribution in [0.3, 0.4) is 0 Å². The van der Waals surface area contributed by atoms with Crippen LogP contribution < -0.4 is 9.64 Å². The molecule has 0 aliphatic carbocycles. The quantitative estimate of drug-likeness (QED) is 0.607. The molecule has 2 amide bonds. The molecular weight excluding hydrogens is 402 g/mol. The summed E-state index contributed by atoms with van der Waals surface area (Å²) in [6.45, 7) is 5.70. The van der Waals surface area contributed by atoms with Crippen molar-refractivity contribution in [2.75, 3.05) is 4.90 Å². The normalized spacial score (nSPS) is 17.3. The van der Waals surface area contributed by atoms with Crippen LogP contribution in [0.5, 0.6) is 5.75 Å². The summed E-state index contributed by atoms with van der Waals surface area (Å²) in [4.78, 5) is 37.6. The second-order valence-electron chi connectivity index (χ2n) is 7.09. The van der Waals surface area contributed by atoms with Crippen LogP contribution >= 0.6 is 11.8 Å². The van der Waals surface area contributed by atoms with Gasteiger partial charge in [-0.15, -0.1) is 0 Å². The van der Waals surface area contributed by atoms with Gasteiger partial charge in [-0.3, -0.25) is 9.59 Å². The van der Waals surface area contributed by atoms with Crippen molar-refractivity contribution in [3.8, 4) is 5.75 Å². The van der Waals surface area contributed by atoms with E-state index in [2.05, 4.69) is 13.8 Å². The number of benzene rings is 2. The summed E-state index contributed by atoms with van der Waals surface area (Å²) in [7, 11) is 0. The third kappa shape index (κ3) is 4.74. The fourth-order valence-corrected chi connectivity index (χ4v) is 3.77. The number of carboxylic acid groups (broad SMARTS) is 1. The average Bonchev–Trinajstić information content (AvgIpc) is 3.01. The summed E-state index contributed by atoms with van der Waals surface area (Å²) in [6.07, 6.45) is 1.70. The van der Waals surface area contributed by atoms with E-state index in [1.54, 1.807) is 42.5 Å². The van der Waals surface area contributed by atoms with E-state index in [0.29, 0.717) is 27.8 Å². The first-order chi connectivity index (χ1) is 14.3. The molecule has 3 rings (SSSR count). The first-order valence-corrected chi connectivity index (χ1v) is 10.5. The summed E-state index contributed by atoms with van der Waals surface area (Å²) in [6, 6.07) is 14.2. The van der Waals surface area contributed by atoms with E-state index in [1.165, 1.54) is 17.4 Å². The summed E-state index contributed by atoms with van der Waals surface area (Å²) >= 11 is 0.895. The summed E-state index contributed by atoms with van der Waals surface area (Å²) < 4.78 is 5.29. The van der Waals surface area contributed by atoms with E-state index < -0.39 is 12.1 Å². The zero-order chi connectivity index (χ0) is 21.8. The molecule has 1 heterocycles. The minimum atomic E-state index is -1.05. The molecule has 1 fully saturated rings. The van der Waals surface area contributed by atoms with Gasteiger partial charge in [-0.2, -0.15) is 0 Å². The lowest BCUT2D eigenvalue weighted by atomic mass is 9.98. The first kappa shape index (κ1) is 21.6. The number of nitrogens with zero attached hydrogens (tertiary/aromatic N) is 1. The van der Waals surface area contributed by atoms with Crippen LogP contribution in [-0.4, -0.2) is 28.3 Å². The van der Waals surface area contributed by atoms with Gasteiger partial charge in [0.15, 0.2) is 6.10 Å². The van der Waals surface area contributed by atoms with E-state index >= 15 is 0 Å². The summed E-state index contributed by atoms with van der Waals surface area (Å²) in [5.74, 6) is -0.582. The molecule has 0 saturated carbocycles. The van der Waals surface area contributed by atoms with Crippen molar-refractivity contribution in [3.63, 3.8) is 0 Å². The highest BCUT2D eigenvalue weighted by molar-refractivity contribution is 8.19. The predicted molar refractivity (Wildman–Crippen MR) is 118 cm³/mol. The van der Waals surface area contributed by atoms with Gasteiger partial charge in [-0.25, -0.2) is 9.69 Å². The van der Waals surface area contributed by atoms with Gasteiger partial charge in [0.05, 0.1) is 10.6 Å². The zero-order valence-corrected chi connectivity index (χ0v) is 17.8. The highest BCUT2D eigenvalue weighted by Crippen LogP contribution is 2.36. The molecule has 2 aromatic rings. The molecule has 2 aromatic carbocycles. The number of hydrogen-bond donors (Lipinski definition) is 1. The highest BCUT2D eigenvalue weighted by atomic mass is 32.2. The lowest BCUT2D eigenvalue weighted by molar-refractivity contribution is -0.144. The Balaban J connectivity index is 1.75. The Morgan fingerprint density at radius 3 is 2.30 bits per heavy atom. The number of carbonyl (C=O) groups is 3. The number of amides is 2. The van der Waals surface area contributed by atoms with Gasteiger partial charge < -0.3 is 9.84 Å². The topological polar surface area (TPSA) is 83.9 Å². The van der Waals surface area contributed by atoms with Crippen LogP contribution in [0.1, 0.15) is 44.2 Å². The average molecular weight is 426 g/mol. The zero-order valence-electron chi connectivity index (χ0n) is 17.0. The molecule has 1 saturated heterocycles. The number of anilines is 1. The molecule has 0 spiro atoms. The molecule has 6 nitrogen and oxygen atoms in total. The van der Waals surface area contributed by atoms with Crippen molar-refractivity contribution in [2.24, 2.45) is 0 Å². The first-order valence-electron chi connectivity index (χ1n) is 9.67. The van der Waals surface area contributed by atoms with Crippen LogP contribution in [-0.2, 0) is 9.59 Å². The lowest BCUT2D eigenvalue weighted by Crippen LogP contribution is -2.27. The molecule has 2 unspecified atom stereocenters. The van der Waals surface area contributed by atoms with Crippen LogP contribution in [0.4, 0.5) is 10.5 Å². The van der Waals surface area contributed by atoms with Gasteiger partial charge in [-0.05, 0) is 72.5 Å². The molecule has 1 aliphatic rings. The smallest absolute Gasteiger partial charge is 0.344 e. The van der Waals surface area contributed by atoms with Crippen molar-refractivity contribution in [1.82, 2.24) is 0 Å². The molecule has 1 aliphatic heterocycles. The van der Waals surface area contributed by atoms with Crippen molar-refractivity contribution < 1.29 is 24.2 Å². The molecule has 30 heavy (non-hydrogen) atoms. The van der Waals surface area contributed by atoms with Gasteiger partial charge in [0, 0.05) is 0 Å². The number of hydrogen-bond acceptors (Lipinski definition) is 5. The van der Waals surface area contributed by atoms with E-state index in [0.717, 1.165) is 18.2 Å². The Labute approximate surface area is 179 Å². The molecule has 0 aromatic heterocycles. The summed E-state index contributed by atoms with van der Waals surface area (Å²) in [5.41, 5.74) is 2.44. The van der Waals surface area contributed by atoms with Gasteiger partial charge >= 0.3 is 5.97 Å². The fraction of sp³-hybridized carbons (Fsp3) is 0.261. The maximum atomic E-state index is 12.8. The number of aliphatic carboxylic acids is 1. The molecule has 7 heteroatoms. The van der Waals surface area contributed by atoms with E-state index in [1.807, 2.05) is 12.1 Å². The molecule has 2 atom stereocenters. The van der Waals surface area contributed by atoms with Gasteiger partial charge in [0.25, 0.3) is 11.1 Å². The lowest BCUT2D eigenvalue weighted by Gasteiger charge is -2.14. The van der Waals surface area contributed by atoms with E-state index in [4.69, 9.17) is 9.84 Å². The Kier molecular flexibility index (Phi) is 6.62. The Hall–Kier alpha value is -3.06. The maximum absolute atomic E-state index is 12.8. The molecule has 0 radical (unpaired) electrons. The SMILES string of the molecule is CCC(C)c1ccc(N2C(=O)S/C(=C/c3ccc(OC(C)C(=O)O)cc3)C2=O)cc1.